The van der Waals surface area contributed by atoms with E-state index in [1.807, 2.05) is 0 Å². The summed E-state index contributed by atoms with van der Waals surface area (Å²) in [6, 6.07) is 3.93. The SMILES string of the molecule is COC(=O)C1CC(Cc2ccc(C(F)(F)F)cc2)=CN1C(=O)OC(C)(C)C. The van der Waals surface area contributed by atoms with E-state index in [-0.39, 0.29) is 6.42 Å². The largest absolute Gasteiger partial charge is 0.467 e. The van der Waals surface area contributed by atoms with Gasteiger partial charge >= 0.3 is 18.2 Å². The molecule has 148 valence electrons. The highest BCUT2D eigenvalue weighted by Crippen LogP contribution is 2.31. The minimum Gasteiger partial charge on any atom is -0.467 e. The van der Waals surface area contributed by atoms with Gasteiger partial charge in [-0.1, -0.05) is 12.1 Å². The number of amides is 1. The maximum Gasteiger partial charge on any atom is 0.416 e. The average molecular weight is 385 g/mol. The topological polar surface area (TPSA) is 55.8 Å². The van der Waals surface area contributed by atoms with Crippen molar-refractivity contribution in [2.75, 3.05) is 7.11 Å². The summed E-state index contributed by atoms with van der Waals surface area (Å²) in [4.78, 5) is 25.6. The summed E-state index contributed by atoms with van der Waals surface area (Å²) in [5.74, 6) is -0.584. The van der Waals surface area contributed by atoms with Crippen LogP contribution in [0.3, 0.4) is 0 Å². The Morgan fingerprint density at radius 2 is 1.74 bits per heavy atom. The van der Waals surface area contributed by atoms with Crippen LogP contribution in [0, 0.1) is 0 Å². The Hall–Kier alpha value is -2.51. The van der Waals surface area contributed by atoms with E-state index in [9.17, 15) is 22.8 Å². The summed E-state index contributed by atoms with van der Waals surface area (Å²) in [5.41, 5.74) is -0.101. The summed E-state index contributed by atoms with van der Waals surface area (Å²) in [7, 11) is 1.23. The van der Waals surface area contributed by atoms with Gasteiger partial charge in [-0.25, -0.2) is 9.59 Å². The van der Waals surface area contributed by atoms with Gasteiger partial charge in [-0.15, -0.1) is 0 Å². The first-order chi connectivity index (χ1) is 12.4. The molecule has 0 spiro atoms. The van der Waals surface area contributed by atoms with Crippen LogP contribution in [0.5, 0.6) is 0 Å². The molecule has 27 heavy (non-hydrogen) atoms. The molecular weight excluding hydrogens is 363 g/mol. The Morgan fingerprint density at radius 3 is 2.22 bits per heavy atom. The van der Waals surface area contributed by atoms with E-state index >= 15 is 0 Å². The molecule has 0 radical (unpaired) electrons. The second kappa shape index (κ2) is 7.62. The van der Waals surface area contributed by atoms with Crippen molar-refractivity contribution in [3.63, 3.8) is 0 Å². The number of esters is 1. The molecule has 2 rings (SSSR count). The lowest BCUT2D eigenvalue weighted by Crippen LogP contribution is -2.42. The highest BCUT2D eigenvalue weighted by atomic mass is 19.4. The van der Waals surface area contributed by atoms with E-state index in [0.29, 0.717) is 12.0 Å². The molecule has 0 bridgehead atoms. The summed E-state index contributed by atoms with van der Waals surface area (Å²) in [6.07, 6.45) is -3.03. The number of hydrogen-bond donors (Lipinski definition) is 0. The van der Waals surface area contributed by atoms with E-state index in [1.165, 1.54) is 30.3 Å². The lowest BCUT2D eigenvalue weighted by Gasteiger charge is -2.26. The Balaban J connectivity index is 2.17. The first-order valence-corrected chi connectivity index (χ1v) is 8.35. The molecule has 1 aliphatic heterocycles. The summed E-state index contributed by atoms with van der Waals surface area (Å²) in [5, 5.41) is 0. The van der Waals surface area contributed by atoms with Crippen molar-refractivity contribution in [2.24, 2.45) is 0 Å². The predicted octanol–water partition coefficient (Wildman–Crippen LogP) is 4.31. The number of methoxy groups -OCH3 is 1. The third-order valence-corrected chi connectivity index (χ3v) is 3.90. The van der Waals surface area contributed by atoms with Crippen LogP contribution in [-0.2, 0) is 26.9 Å². The fraction of sp³-hybridized carbons (Fsp3) is 0.474. The zero-order chi connectivity index (χ0) is 20.4. The lowest BCUT2D eigenvalue weighted by atomic mass is 10.0. The second-order valence-corrected chi connectivity index (χ2v) is 7.29. The van der Waals surface area contributed by atoms with Crippen LogP contribution in [0.2, 0.25) is 0 Å². The highest BCUT2D eigenvalue weighted by Gasteiger charge is 2.37. The maximum absolute atomic E-state index is 12.7. The number of nitrogens with zero attached hydrogens (tertiary/aromatic N) is 1. The number of carbonyl (C=O) groups excluding carboxylic acids is 2. The van der Waals surface area contributed by atoms with Crippen molar-refractivity contribution in [1.29, 1.82) is 0 Å². The molecule has 1 amide bonds. The quantitative estimate of drug-likeness (QED) is 0.728. The van der Waals surface area contributed by atoms with Crippen LogP contribution in [0.4, 0.5) is 18.0 Å². The number of ether oxygens (including phenoxy) is 2. The summed E-state index contributed by atoms with van der Waals surface area (Å²) >= 11 is 0. The van der Waals surface area contributed by atoms with Crippen molar-refractivity contribution < 1.29 is 32.2 Å². The van der Waals surface area contributed by atoms with Crippen LogP contribution in [0.15, 0.2) is 36.0 Å². The molecule has 1 heterocycles. The summed E-state index contributed by atoms with van der Waals surface area (Å²) in [6.45, 7) is 5.13. The van der Waals surface area contributed by atoms with E-state index in [0.717, 1.165) is 17.7 Å². The van der Waals surface area contributed by atoms with E-state index in [1.54, 1.807) is 20.8 Å². The van der Waals surface area contributed by atoms with Gasteiger partial charge in [-0.3, -0.25) is 4.90 Å². The molecule has 5 nitrogen and oxygen atoms in total. The molecule has 1 unspecified atom stereocenters. The van der Waals surface area contributed by atoms with Crippen LogP contribution in [0.25, 0.3) is 0 Å². The van der Waals surface area contributed by atoms with Gasteiger partial charge in [0.15, 0.2) is 0 Å². The maximum atomic E-state index is 12.7. The van der Waals surface area contributed by atoms with Crippen LogP contribution < -0.4 is 0 Å². The van der Waals surface area contributed by atoms with Crippen molar-refractivity contribution in [2.45, 2.75) is 51.4 Å². The van der Waals surface area contributed by atoms with Gasteiger partial charge in [0.2, 0.25) is 0 Å². The van der Waals surface area contributed by atoms with Gasteiger partial charge in [-0.05, 0) is 50.5 Å². The van der Waals surface area contributed by atoms with Gasteiger partial charge in [0.25, 0.3) is 0 Å². The third kappa shape index (κ3) is 5.48. The average Bonchev–Trinajstić information content (AvgIpc) is 2.96. The van der Waals surface area contributed by atoms with Gasteiger partial charge in [0.1, 0.15) is 11.6 Å². The lowest BCUT2D eigenvalue weighted by molar-refractivity contribution is -0.145. The standard InChI is InChI=1S/C19H22F3NO4/c1-18(2,3)27-17(25)23-11-13(10-15(23)16(24)26-4)9-12-5-7-14(8-6-12)19(20,21)22/h5-8,11,15H,9-10H2,1-4H3. The normalized spacial score (nSPS) is 17.5. The van der Waals surface area contributed by atoms with Crippen molar-refractivity contribution in [1.82, 2.24) is 4.90 Å². The molecule has 0 N–H and O–H groups in total. The second-order valence-electron chi connectivity index (χ2n) is 7.29. The smallest absolute Gasteiger partial charge is 0.416 e. The molecule has 1 aliphatic rings. The van der Waals surface area contributed by atoms with Crippen LogP contribution >= 0.6 is 0 Å². The van der Waals surface area contributed by atoms with E-state index in [2.05, 4.69) is 0 Å². The van der Waals surface area contributed by atoms with Crippen LogP contribution in [-0.4, -0.2) is 35.7 Å². The number of benzene rings is 1. The number of halogens is 3. The molecule has 0 saturated heterocycles. The van der Waals surface area contributed by atoms with Gasteiger partial charge < -0.3 is 9.47 Å². The molecule has 1 atom stereocenters. The molecule has 1 aromatic carbocycles. The Morgan fingerprint density at radius 1 is 1.15 bits per heavy atom. The first-order valence-electron chi connectivity index (χ1n) is 8.35. The minimum absolute atomic E-state index is 0.229. The zero-order valence-electron chi connectivity index (χ0n) is 15.6. The molecule has 0 saturated carbocycles. The third-order valence-electron chi connectivity index (χ3n) is 3.90. The summed E-state index contributed by atoms with van der Waals surface area (Å²) < 4.78 is 48.0. The van der Waals surface area contributed by atoms with E-state index in [4.69, 9.17) is 9.47 Å². The van der Waals surface area contributed by atoms with Crippen molar-refractivity contribution in [3.05, 3.63) is 47.2 Å². The highest BCUT2D eigenvalue weighted by molar-refractivity contribution is 5.83. The monoisotopic (exact) mass is 385 g/mol. The molecule has 8 heteroatoms. The minimum atomic E-state index is -4.39. The fourth-order valence-electron chi connectivity index (χ4n) is 2.71. The van der Waals surface area contributed by atoms with Gasteiger partial charge in [-0.2, -0.15) is 13.2 Å². The Bertz CT molecular complexity index is 733. The van der Waals surface area contributed by atoms with Crippen molar-refractivity contribution >= 4 is 12.1 Å². The fourth-order valence-corrected chi connectivity index (χ4v) is 2.71. The Kier molecular flexibility index (Phi) is 5.87. The van der Waals surface area contributed by atoms with E-state index < -0.39 is 35.4 Å². The molecule has 1 aromatic rings. The molecule has 0 aromatic heterocycles. The van der Waals surface area contributed by atoms with Crippen LogP contribution in [0.1, 0.15) is 38.3 Å². The molecular formula is C19H22F3NO4. The Labute approximate surface area is 155 Å². The number of alkyl halides is 3. The number of rotatable bonds is 3. The number of carbonyl (C=O) groups is 2. The van der Waals surface area contributed by atoms with Gasteiger partial charge in [0.05, 0.1) is 12.7 Å². The predicted molar refractivity (Wildman–Crippen MR) is 91.7 cm³/mol. The zero-order valence-corrected chi connectivity index (χ0v) is 15.6. The number of hydrogen-bond acceptors (Lipinski definition) is 4. The molecule has 0 fully saturated rings. The molecule has 0 aliphatic carbocycles. The first kappa shape index (κ1) is 20.8. The van der Waals surface area contributed by atoms with Gasteiger partial charge in [0, 0.05) is 12.6 Å². The van der Waals surface area contributed by atoms with Crippen molar-refractivity contribution in [3.8, 4) is 0 Å².